The minimum atomic E-state index is -1.95. The molecule has 10 heteroatoms. The van der Waals surface area contributed by atoms with E-state index >= 15 is 4.39 Å². The Bertz CT molecular complexity index is 1340. The van der Waals surface area contributed by atoms with E-state index in [1.165, 1.54) is 34.8 Å². The molecule has 0 radical (unpaired) electrons. The summed E-state index contributed by atoms with van der Waals surface area (Å²) in [6.45, 7) is 5.70. The van der Waals surface area contributed by atoms with E-state index in [2.05, 4.69) is 15.3 Å². The highest BCUT2D eigenvalue weighted by molar-refractivity contribution is 7.14. The minimum Gasteiger partial charge on any atom is -0.390 e. The van der Waals surface area contributed by atoms with Gasteiger partial charge in [-0.05, 0) is 56.6 Å². The second-order valence-electron chi connectivity index (χ2n) is 11.5. The first-order valence-electron chi connectivity index (χ1n) is 12.6. The van der Waals surface area contributed by atoms with Crippen LogP contribution in [0.2, 0.25) is 0 Å². The summed E-state index contributed by atoms with van der Waals surface area (Å²) in [5, 5.41) is 30.4. The third-order valence-corrected chi connectivity index (χ3v) is 11.3. The van der Waals surface area contributed by atoms with Crippen molar-refractivity contribution in [3.8, 4) is 0 Å². The zero-order chi connectivity index (χ0) is 26.4. The molecule has 0 saturated heterocycles. The lowest BCUT2D eigenvalue weighted by Crippen LogP contribution is -2.68. The average Bonchev–Trinajstić information content (AvgIpc) is 3.58. The monoisotopic (exact) mass is 543 g/mol. The van der Waals surface area contributed by atoms with E-state index in [9.17, 15) is 19.8 Å². The van der Waals surface area contributed by atoms with Crippen molar-refractivity contribution in [1.29, 1.82) is 0 Å². The van der Waals surface area contributed by atoms with Gasteiger partial charge in [0.25, 0.3) is 5.91 Å². The predicted octanol–water partition coefficient (Wildman–Crippen LogP) is 4.66. The number of rotatable bonds is 3. The van der Waals surface area contributed by atoms with Crippen molar-refractivity contribution in [3.05, 3.63) is 51.5 Å². The fourth-order valence-corrected chi connectivity index (χ4v) is 9.37. The average molecular weight is 544 g/mol. The van der Waals surface area contributed by atoms with Crippen LogP contribution in [0.5, 0.6) is 0 Å². The van der Waals surface area contributed by atoms with Crippen molar-refractivity contribution >= 4 is 39.5 Å². The second kappa shape index (κ2) is 8.11. The van der Waals surface area contributed by atoms with E-state index in [4.69, 9.17) is 0 Å². The van der Waals surface area contributed by atoms with Gasteiger partial charge in [0.2, 0.25) is 0 Å². The number of anilines is 1. The van der Waals surface area contributed by atoms with Crippen LogP contribution in [0.1, 0.15) is 62.6 Å². The quantitative estimate of drug-likeness (QED) is 0.519. The van der Waals surface area contributed by atoms with E-state index in [-0.39, 0.29) is 29.9 Å². The van der Waals surface area contributed by atoms with Gasteiger partial charge in [-0.1, -0.05) is 25.5 Å². The number of thiazole rings is 2. The number of hydrogen-bond acceptors (Lipinski definition) is 8. The first-order valence-corrected chi connectivity index (χ1v) is 14.5. The van der Waals surface area contributed by atoms with E-state index in [0.29, 0.717) is 35.8 Å². The van der Waals surface area contributed by atoms with Gasteiger partial charge in [0.05, 0.1) is 17.3 Å². The number of carbonyl (C=O) groups excluding carboxylic acids is 2. The van der Waals surface area contributed by atoms with Gasteiger partial charge in [-0.25, -0.2) is 14.4 Å². The topological polar surface area (TPSA) is 112 Å². The maximum atomic E-state index is 17.3. The van der Waals surface area contributed by atoms with Crippen LogP contribution in [-0.2, 0) is 10.4 Å². The summed E-state index contributed by atoms with van der Waals surface area (Å²) in [5.41, 5.74) is -2.20. The Morgan fingerprint density at radius 1 is 1.27 bits per heavy atom. The van der Waals surface area contributed by atoms with Crippen LogP contribution >= 0.6 is 22.7 Å². The molecule has 196 valence electrons. The maximum Gasteiger partial charge on any atom is 0.276 e. The van der Waals surface area contributed by atoms with E-state index in [1.54, 1.807) is 29.3 Å². The van der Waals surface area contributed by atoms with E-state index in [0.717, 1.165) is 5.57 Å². The number of alkyl halides is 1. The summed E-state index contributed by atoms with van der Waals surface area (Å²) >= 11 is 2.55. The number of nitrogens with one attached hydrogen (secondary N) is 1. The smallest absolute Gasteiger partial charge is 0.276 e. The number of hydrogen-bond donors (Lipinski definition) is 3. The number of aliphatic hydroxyl groups is 2. The highest BCUT2D eigenvalue weighted by Crippen LogP contribution is 2.72. The predicted molar refractivity (Wildman–Crippen MR) is 139 cm³/mol. The maximum absolute atomic E-state index is 17.3. The molecular weight excluding hydrogens is 513 g/mol. The molecular formula is C27H30FN3O4S2. The molecule has 3 fully saturated rings. The van der Waals surface area contributed by atoms with Crippen molar-refractivity contribution < 1.29 is 24.2 Å². The fraction of sp³-hybridized carbons (Fsp3) is 0.556. The molecule has 7 nitrogen and oxygen atoms in total. The molecule has 0 spiro atoms. The molecule has 2 aromatic heterocycles. The van der Waals surface area contributed by atoms with Gasteiger partial charge in [-0.3, -0.25) is 14.9 Å². The van der Waals surface area contributed by atoms with Gasteiger partial charge >= 0.3 is 0 Å². The molecule has 3 N–H and O–H groups in total. The molecule has 2 heterocycles. The Morgan fingerprint density at radius 3 is 2.78 bits per heavy atom. The van der Waals surface area contributed by atoms with Crippen molar-refractivity contribution in [2.75, 3.05) is 5.32 Å². The van der Waals surface area contributed by atoms with Crippen molar-refractivity contribution in [2.24, 2.45) is 28.6 Å². The largest absolute Gasteiger partial charge is 0.390 e. The van der Waals surface area contributed by atoms with Gasteiger partial charge < -0.3 is 10.2 Å². The van der Waals surface area contributed by atoms with Crippen LogP contribution in [0.25, 0.3) is 0 Å². The van der Waals surface area contributed by atoms with Gasteiger partial charge in [0.15, 0.2) is 16.6 Å². The summed E-state index contributed by atoms with van der Waals surface area (Å²) in [6.07, 6.45) is 5.00. The van der Waals surface area contributed by atoms with Gasteiger partial charge in [0.1, 0.15) is 11.3 Å². The molecule has 0 aromatic carbocycles. The lowest BCUT2D eigenvalue weighted by atomic mass is 9.44. The number of aliphatic hydroxyl groups excluding tert-OH is 1. The van der Waals surface area contributed by atoms with E-state index in [1.807, 2.05) is 13.8 Å². The third-order valence-electron chi connectivity index (χ3n) is 10.0. The van der Waals surface area contributed by atoms with Gasteiger partial charge in [-0.15, -0.1) is 22.7 Å². The zero-order valence-corrected chi connectivity index (χ0v) is 22.5. The summed E-state index contributed by atoms with van der Waals surface area (Å²) < 4.78 is 17.3. The Morgan fingerprint density at radius 2 is 2.05 bits per heavy atom. The molecule has 1 amide bonds. The first-order chi connectivity index (χ1) is 17.4. The molecule has 6 rings (SSSR count). The van der Waals surface area contributed by atoms with Crippen LogP contribution in [-0.4, -0.2) is 43.6 Å². The van der Waals surface area contributed by atoms with Crippen LogP contribution < -0.4 is 5.32 Å². The molecule has 0 unspecified atom stereocenters. The Hall–Kier alpha value is -2.27. The molecule has 2 aromatic rings. The minimum absolute atomic E-state index is 0.0637. The lowest BCUT2D eigenvalue weighted by molar-refractivity contribution is -0.223. The third kappa shape index (κ3) is 3.16. The van der Waals surface area contributed by atoms with Crippen LogP contribution in [0.15, 0.2) is 40.1 Å². The zero-order valence-electron chi connectivity index (χ0n) is 20.9. The molecule has 4 aliphatic carbocycles. The number of halogens is 1. The SMILES string of the molecule is C[C@@H]1C[C@H]2[C@@H]3CCC4=CC(=O)C=C[C@]4(C)[C@@]3(F)[C@@H](O)C[C@]2(C)[C@@]1(O)c1csc(NC(=O)c2cscn2)n1. The second-order valence-corrected chi connectivity index (χ2v) is 13.1. The lowest BCUT2D eigenvalue weighted by Gasteiger charge is -2.62. The molecule has 0 aliphatic heterocycles. The molecule has 0 bridgehead atoms. The first kappa shape index (κ1) is 25.0. The standard InChI is InChI=1S/C27H30FN3O4S2/c1-14-8-18-17-5-4-15-9-16(32)6-7-24(15,2)26(17,28)21(33)10-25(18,3)27(14,35)20-12-37-23(30-20)31-22(34)19-11-36-13-29-19/h6-7,9,11-14,17-18,21,33,35H,4-5,8,10H2,1-3H3,(H,30,31,34)/t14-,17+,18+,21+,24+,25+,26+,27+/m1/s1. The number of amides is 1. The molecule has 8 atom stereocenters. The van der Waals surface area contributed by atoms with Crippen LogP contribution in [0, 0.1) is 28.6 Å². The number of allylic oxidation sites excluding steroid dienone is 4. The van der Waals surface area contributed by atoms with Crippen molar-refractivity contribution in [2.45, 2.75) is 63.8 Å². The Labute approximate surface area is 222 Å². The summed E-state index contributed by atoms with van der Waals surface area (Å²) in [5.74, 6) is -1.43. The summed E-state index contributed by atoms with van der Waals surface area (Å²) in [4.78, 5) is 33.2. The Balaban J connectivity index is 1.35. The van der Waals surface area contributed by atoms with E-state index < -0.39 is 34.1 Å². The number of fused-ring (bicyclic) bond motifs is 5. The number of ketones is 1. The Kier molecular flexibility index (Phi) is 5.49. The summed E-state index contributed by atoms with van der Waals surface area (Å²) in [6, 6.07) is 0. The van der Waals surface area contributed by atoms with Crippen LogP contribution in [0.3, 0.4) is 0 Å². The number of nitrogens with zero attached hydrogens (tertiary/aromatic N) is 2. The van der Waals surface area contributed by atoms with Crippen molar-refractivity contribution in [3.63, 3.8) is 0 Å². The normalized spacial score (nSPS) is 42.5. The summed E-state index contributed by atoms with van der Waals surface area (Å²) in [7, 11) is 0. The van der Waals surface area contributed by atoms with Gasteiger partial charge in [-0.2, -0.15) is 0 Å². The molecule has 37 heavy (non-hydrogen) atoms. The highest BCUT2D eigenvalue weighted by Gasteiger charge is 2.74. The molecule has 3 saturated carbocycles. The van der Waals surface area contributed by atoms with Gasteiger partial charge in [0, 0.05) is 27.5 Å². The fourth-order valence-electron chi connectivity index (χ4n) is 8.08. The number of aromatic nitrogens is 2. The number of carbonyl (C=O) groups is 2. The van der Waals surface area contributed by atoms with Crippen LogP contribution in [0.4, 0.5) is 9.52 Å². The highest BCUT2D eigenvalue weighted by atomic mass is 32.1. The molecule has 4 aliphatic rings. The van der Waals surface area contributed by atoms with Crippen molar-refractivity contribution in [1.82, 2.24) is 9.97 Å².